The number of pyridine rings is 1. The Balaban J connectivity index is 1.69. The Kier molecular flexibility index (Phi) is 2.58. The van der Waals surface area contributed by atoms with E-state index in [0.717, 1.165) is 30.8 Å². The zero-order valence-electron chi connectivity index (χ0n) is 9.15. The van der Waals surface area contributed by atoms with Gasteiger partial charge in [0.05, 0.1) is 0 Å². The quantitative estimate of drug-likeness (QED) is 0.853. The number of nitrogens with zero attached hydrogens (tertiary/aromatic N) is 2. The second kappa shape index (κ2) is 4.22. The molecule has 0 amide bonds. The fourth-order valence-corrected chi connectivity index (χ4v) is 2.22. The molecule has 3 rings (SSSR count). The van der Waals surface area contributed by atoms with Gasteiger partial charge in [0.25, 0.3) is 0 Å². The molecule has 1 aliphatic heterocycles. The number of oxazole rings is 1. The summed E-state index contributed by atoms with van der Waals surface area (Å²) in [6, 6.07) is 4.46. The van der Waals surface area contributed by atoms with E-state index in [-0.39, 0.29) is 0 Å². The van der Waals surface area contributed by atoms with Crippen LogP contribution in [0.1, 0.15) is 25.2 Å². The molecule has 1 N–H and O–H groups in total. The number of hydrogen-bond donors (Lipinski definition) is 1. The molecule has 0 spiro atoms. The van der Waals surface area contributed by atoms with Crippen molar-refractivity contribution in [3.05, 3.63) is 24.2 Å². The fourth-order valence-electron chi connectivity index (χ4n) is 2.22. The van der Waals surface area contributed by atoms with Crippen LogP contribution in [0, 0.1) is 0 Å². The van der Waals surface area contributed by atoms with E-state index >= 15 is 0 Å². The monoisotopic (exact) mass is 217 g/mol. The summed E-state index contributed by atoms with van der Waals surface area (Å²) in [5.74, 6) is 0.808. The van der Waals surface area contributed by atoms with Gasteiger partial charge in [-0.25, -0.2) is 9.97 Å². The zero-order valence-corrected chi connectivity index (χ0v) is 9.15. The van der Waals surface area contributed by atoms with Gasteiger partial charge < -0.3 is 9.73 Å². The third-order valence-corrected chi connectivity index (χ3v) is 3.08. The summed E-state index contributed by atoms with van der Waals surface area (Å²) < 4.78 is 5.58. The Morgan fingerprint density at radius 1 is 1.50 bits per heavy atom. The number of nitrogens with one attached hydrogen (secondary N) is 1. The molecule has 4 heteroatoms. The van der Waals surface area contributed by atoms with Gasteiger partial charge >= 0.3 is 0 Å². The van der Waals surface area contributed by atoms with Crippen LogP contribution in [0.2, 0.25) is 0 Å². The van der Waals surface area contributed by atoms with Gasteiger partial charge in [-0.1, -0.05) is 0 Å². The molecule has 1 fully saturated rings. The minimum absolute atomic E-state index is 0.642. The van der Waals surface area contributed by atoms with Crippen LogP contribution in [-0.4, -0.2) is 22.6 Å². The zero-order chi connectivity index (χ0) is 10.8. The Labute approximate surface area is 94.1 Å². The largest absolute Gasteiger partial charge is 0.422 e. The molecule has 1 saturated heterocycles. The van der Waals surface area contributed by atoms with Crippen molar-refractivity contribution in [2.45, 2.75) is 31.7 Å². The number of aromatic nitrogens is 2. The van der Waals surface area contributed by atoms with Crippen LogP contribution in [0.25, 0.3) is 11.2 Å². The van der Waals surface area contributed by atoms with E-state index in [0.29, 0.717) is 11.8 Å². The van der Waals surface area contributed by atoms with E-state index in [9.17, 15) is 0 Å². The molecule has 1 aliphatic rings. The summed E-state index contributed by atoms with van der Waals surface area (Å²) in [6.45, 7) is 1.15. The lowest BCUT2D eigenvalue weighted by atomic mass is 10.1. The summed E-state index contributed by atoms with van der Waals surface area (Å²) in [5, 5.41) is 3.48. The molecule has 0 radical (unpaired) electrons. The lowest BCUT2D eigenvalue weighted by Gasteiger charge is -2.06. The van der Waals surface area contributed by atoms with Gasteiger partial charge in [-0.05, 0) is 37.9 Å². The predicted molar refractivity (Wildman–Crippen MR) is 61.1 cm³/mol. The molecule has 0 saturated carbocycles. The normalized spacial score (nSPS) is 20.6. The van der Waals surface area contributed by atoms with Crippen LogP contribution in [0.15, 0.2) is 22.7 Å². The molecule has 0 aliphatic carbocycles. The highest BCUT2D eigenvalue weighted by Crippen LogP contribution is 2.16. The van der Waals surface area contributed by atoms with Crippen LogP contribution in [0.4, 0.5) is 0 Å². The third kappa shape index (κ3) is 1.93. The van der Waals surface area contributed by atoms with Gasteiger partial charge in [-0.3, -0.25) is 0 Å². The Hall–Kier alpha value is -1.42. The molecule has 3 heterocycles. The van der Waals surface area contributed by atoms with E-state index < -0.39 is 0 Å². The number of fused-ring (bicyclic) bond motifs is 1. The Morgan fingerprint density at radius 3 is 3.31 bits per heavy atom. The fraction of sp³-hybridized carbons (Fsp3) is 0.500. The summed E-state index contributed by atoms with van der Waals surface area (Å²) in [5.41, 5.74) is 1.51. The van der Waals surface area contributed by atoms with E-state index in [1.165, 1.54) is 12.8 Å². The lowest BCUT2D eigenvalue weighted by Crippen LogP contribution is -2.21. The summed E-state index contributed by atoms with van der Waals surface area (Å²) >= 11 is 0. The topological polar surface area (TPSA) is 51.0 Å². The van der Waals surface area contributed by atoms with E-state index in [1.807, 2.05) is 12.1 Å². The molecular weight excluding hydrogens is 202 g/mol. The molecule has 1 atom stereocenters. The van der Waals surface area contributed by atoms with Crippen LogP contribution >= 0.6 is 0 Å². The van der Waals surface area contributed by atoms with Crippen molar-refractivity contribution < 1.29 is 4.42 Å². The average Bonchev–Trinajstić information content (AvgIpc) is 2.95. The summed E-state index contributed by atoms with van der Waals surface area (Å²) in [6.07, 6.45) is 6.30. The van der Waals surface area contributed by atoms with Gasteiger partial charge in [-0.2, -0.15) is 0 Å². The highest BCUT2D eigenvalue weighted by atomic mass is 16.4. The molecule has 0 bridgehead atoms. The first kappa shape index (κ1) is 9.78. The van der Waals surface area contributed by atoms with Gasteiger partial charge in [0.15, 0.2) is 5.89 Å². The maximum absolute atomic E-state index is 5.58. The van der Waals surface area contributed by atoms with Crippen molar-refractivity contribution in [3.63, 3.8) is 0 Å². The Bertz CT molecular complexity index is 441. The first-order chi connectivity index (χ1) is 7.92. The molecule has 84 valence electrons. The summed E-state index contributed by atoms with van der Waals surface area (Å²) in [4.78, 5) is 8.55. The van der Waals surface area contributed by atoms with Crippen LogP contribution < -0.4 is 5.32 Å². The first-order valence-corrected chi connectivity index (χ1v) is 5.85. The van der Waals surface area contributed by atoms with Crippen LogP contribution in [0.3, 0.4) is 0 Å². The molecule has 4 nitrogen and oxygen atoms in total. The highest BCUT2D eigenvalue weighted by Gasteiger charge is 2.15. The van der Waals surface area contributed by atoms with Crippen molar-refractivity contribution in [2.24, 2.45) is 0 Å². The maximum Gasteiger partial charge on any atom is 0.246 e. The van der Waals surface area contributed by atoms with Crippen LogP contribution in [-0.2, 0) is 6.42 Å². The van der Waals surface area contributed by atoms with Crippen molar-refractivity contribution in [2.75, 3.05) is 6.54 Å². The first-order valence-electron chi connectivity index (χ1n) is 5.85. The number of rotatable bonds is 3. The minimum atomic E-state index is 0.642. The van der Waals surface area contributed by atoms with Gasteiger partial charge in [0.2, 0.25) is 5.71 Å². The molecule has 16 heavy (non-hydrogen) atoms. The number of aryl methyl sites for hydroxylation is 1. The van der Waals surface area contributed by atoms with Crippen molar-refractivity contribution in [3.8, 4) is 0 Å². The number of hydrogen-bond acceptors (Lipinski definition) is 4. The van der Waals surface area contributed by atoms with Gasteiger partial charge in [0.1, 0.15) is 5.52 Å². The Morgan fingerprint density at radius 2 is 2.50 bits per heavy atom. The molecule has 2 aromatic heterocycles. The lowest BCUT2D eigenvalue weighted by molar-refractivity contribution is 0.476. The smallest absolute Gasteiger partial charge is 0.246 e. The van der Waals surface area contributed by atoms with E-state index in [1.54, 1.807) is 6.20 Å². The average molecular weight is 217 g/mol. The van der Waals surface area contributed by atoms with Crippen molar-refractivity contribution in [1.82, 2.24) is 15.3 Å². The second-order valence-electron chi connectivity index (χ2n) is 4.27. The van der Waals surface area contributed by atoms with Gasteiger partial charge in [-0.15, -0.1) is 0 Å². The standard InChI is InChI=1S/C12H15N3O/c1-3-9(13-7-1)5-6-11-15-10-4-2-8-14-12(10)16-11/h2,4,8-9,13H,1,3,5-7H2. The van der Waals surface area contributed by atoms with Gasteiger partial charge in [0, 0.05) is 18.7 Å². The highest BCUT2D eigenvalue weighted by molar-refractivity contribution is 5.67. The molecule has 0 aromatic carbocycles. The second-order valence-corrected chi connectivity index (χ2v) is 4.27. The molecular formula is C12H15N3O. The van der Waals surface area contributed by atoms with Crippen molar-refractivity contribution in [1.29, 1.82) is 0 Å². The maximum atomic E-state index is 5.58. The minimum Gasteiger partial charge on any atom is -0.422 e. The van der Waals surface area contributed by atoms with E-state index in [2.05, 4.69) is 15.3 Å². The van der Waals surface area contributed by atoms with E-state index in [4.69, 9.17) is 4.42 Å². The van der Waals surface area contributed by atoms with Crippen molar-refractivity contribution >= 4 is 11.2 Å². The van der Waals surface area contributed by atoms with Crippen LogP contribution in [0.5, 0.6) is 0 Å². The SMILES string of the molecule is c1cnc2oc(CCC3CCCN3)nc2c1. The molecule has 1 unspecified atom stereocenters. The molecule has 2 aromatic rings. The predicted octanol–water partition coefficient (Wildman–Crippen LogP) is 1.91. The third-order valence-electron chi connectivity index (χ3n) is 3.08. The summed E-state index contributed by atoms with van der Waals surface area (Å²) in [7, 11) is 0.